The molecular formula is C14H14F4O. The number of hydrogen-bond acceptors (Lipinski definition) is 1. The molecule has 2 rings (SSSR count). The molecule has 1 aromatic rings. The highest BCUT2D eigenvalue weighted by Gasteiger charge is 2.36. The van der Waals surface area contributed by atoms with Gasteiger partial charge in [-0.3, -0.25) is 4.79 Å². The average molecular weight is 274 g/mol. The number of carbonyl (C=O) groups is 1. The minimum atomic E-state index is -4.78. The number of benzene rings is 1. The number of carbonyl (C=O) groups excluding carboxylic acids is 1. The summed E-state index contributed by atoms with van der Waals surface area (Å²) in [5.41, 5.74) is -1.42. The number of rotatable bonds is 2. The lowest BCUT2D eigenvalue weighted by atomic mass is 9.89. The van der Waals surface area contributed by atoms with Crippen molar-refractivity contribution in [2.45, 2.75) is 32.4 Å². The first kappa shape index (κ1) is 14.0. The van der Waals surface area contributed by atoms with Gasteiger partial charge in [0.2, 0.25) is 0 Å². The van der Waals surface area contributed by atoms with Crippen LogP contribution in [0.25, 0.3) is 0 Å². The predicted molar refractivity (Wildman–Crippen MR) is 62.2 cm³/mol. The molecule has 2 atom stereocenters. The van der Waals surface area contributed by atoms with Crippen LogP contribution in [0.2, 0.25) is 0 Å². The molecule has 2 unspecified atom stereocenters. The quantitative estimate of drug-likeness (QED) is 0.574. The molecule has 0 aromatic heterocycles. The molecule has 1 aliphatic carbocycles. The molecule has 5 heteroatoms. The van der Waals surface area contributed by atoms with Crippen LogP contribution in [0.4, 0.5) is 17.6 Å². The number of Topliss-reactive ketones (excluding diaryl/α,β-unsaturated/α-hetero) is 1. The van der Waals surface area contributed by atoms with Gasteiger partial charge in [0.1, 0.15) is 5.82 Å². The third-order valence-corrected chi connectivity index (χ3v) is 3.75. The highest BCUT2D eigenvalue weighted by Crippen LogP contribution is 2.36. The van der Waals surface area contributed by atoms with Crippen LogP contribution in [0.15, 0.2) is 18.2 Å². The molecule has 19 heavy (non-hydrogen) atoms. The fraction of sp³-hybridized carbons (Fsp3) is 0.500. The molecule has 1 fully saturated rings. The second-order valence-electron chi connectivity index (χ2n) is 5.07. The Balaban J connectivity index is 2.33. The number of hydrogen-bond donors (Lipinski definition) is 0. The van der Waals surface area contributed by atoms with Gasteiger partial charge >= 0.3 is 6.18 Å². The zero-order chi connectivity index (χ0) is 14.2. The van der Waals surface area contributed by atoms with Gasteiger partial charge in [-0.25, -0.2) is 4.39 Å². The van der Waals surface area contributed by atoms with E-state index in [9.17, 15) is 22.4 Å². The summed E-state index contributed by atoms with van der Waals surface area (Å²) in [5, 5.41) is 0. The maximum absolute atomic E-state index is 13.2. The van der Waals surface area contributed by atoms with Gasteiger partial charge in [0.05, 0.1) is 5.56 Å². The minimum Gasteiger partial charge on any atom is -0.294 e. The summed E-state index contributed by atoms with van der Waals surface area (Å²) in [6.45, 7) is 1.92. The molecule has 104 valence electrons. The fourth-order valence-electron chi connectivity index (χ4n) is 2.64. The van der Waals surface area contributed by atoms with Crippen LogP contribution in [0.5, 0.6) is 0 Å². The van der Waals surface area contributed by atoms with E-state index < -0.39 is 17.6 Å². The van der Waals surface area contributed by atoms with E-state index in [0.29, 0.717) is 12.5 Å². The van der Waals surface area contributed by atoms with Crippen LogP contribution in [0.3, 0.4) is 0 Å². The number of ketones is 1. The second-order valence-corrected chi connectivity index (χ2v) is 5.07. The Labute approximate surface area is 108 Å². The van der Waals surface area contributed by atoms with E-state index in [1.807, 2.05) is 6.92 Å². The third-order valence-electron chi connectivity index (χ3n) is 3.75. The van der Waals surface area contributed by atoms with Crippen molar-refractivity contribution in [1.29, 1.82) is 0 Å². The first-order valence-corrected chi connectivity index (χ1v) is 6.21. The highest BCUT2D eigenvalue weighted by molar-refractivity contribution is 5.98. The van der Waals surface area contributed by atoms with Gasteiger partial charge in [0.25, 0.3) is 0 Å². The van der Waals surface area contributed by atoms with E-state index >= 15 is 0 Å². The molecule has 1 aliphatic rings. The highest BCUT2D eigenvalue weighted by atomic mass is 19.4. The smallest absolute Gasteiger partial charge is 0.294 e. The maximum atomic E-state index is 13.2. The summed E-state index contributed by atoms with van der Waals surface area (Å²) in [7, 11) is 0. The molecule has 0 aliphatic heterocycles. The van der Waals surface area contributed by atoms with Gasteiger partial charge in [-0.2, -0.15) is 13.2 Å². The summed E-state index contributed by atoms with van der Waals surface area (Å²) in [6.07, 6.45) is -2.27. The Kier molecular flexibility index (Phi) is 3.65. The SMILES string of the molecule is CC1CCCC1C(=O)c1ccc(F)c(C(F)(F)F)c1. The first-order chi connectivity index (χ1) is 8.80. The average Bonchev–Trinajstić information content (AvgIpc) is 2.73. The van der Waals surface area contributed by atoms with Crippen LogP contribution in [0.1, 0.15) is 42.1 Å². The summed E-state index contributed by atoms with van der Waals surface area (Å²) in [4.78, 5) is 12.2. The maximum Gasteiger partial charge on any atom is 0.419 e. The van der Waals surface area contributed by atoms with Crippen molar-refractivity contribution in [3.63, 3.8) is 0 Å². The molecular weight excluding hydrogens is 260 g/mol. The zero-order valence-corrected chi connectivity index (χ0v) is 10.4. The Morgan fingerprint density at radius 3 is 2.47 bits per heavy atom. The van der Waals surface area contributed by atoms with Crippen molar-refractivity contribution in [2.24, 2.45) is 11.8 Å². The molecule has 1 aromatic carbocycles. The topological polar surface area (TPSA) is 17.1 Å². The zero-order valence-electron chi connectivity index (χ0n) is 10.4. The molecule has 0 heterocycles. The van der Waals surface area contributed by atoms with Crippen LogP contribution < -0.4 is 0 Å². The van der Waals surface area contributed by atoms with Crippen molar-refractivity contribution < 1.29 is 22.4 Å². The van der Waals surface area contributed by atoms with Crippen LogP contribution in [-0.4, -0.2) is 5.78 Å². The summed E-state index contributed by atoms with van der Waals surface area (Å²) >= 11 is 0. The molecule has 0 bridgehead atoms. The Morgan fingerprint density at radius 1 is 1.26 bits per heavy atom. The van der Waals surface area contributed by atoms with Crippen molar-refractivity contribution in [1.82, 2.24) is 0 Å². The van der Waals surface area contributed by atoms with Gasteiger partial charge in [-0.1, -0.05) is 13.3 Å². The van der Waals surface area contributed by atoms with Crippen LogP contribution in [0, 0.1) is 17.7 Å². The lowest BCUT2D eigenvalue weighted by Crippen LogP contribution is -2.18. The Morgan fingerprint density at radius 2 is 1.95 bits per heavy atom. The fourth-order valence-corrected chi connectivity index (χ4v) is 2.64. The Bertz CT molecular complexity index is 493. The van der Waals surface area contributed by atoms with E-state index in [1.165, 1.54) is 0 Å². The van der Waals surface area contributed by atoms with Gasteiger partial charge < -0.3 is 0 Å². The predicted octanol–water partition coefficient (Wildman–Crippen LogP) is 4.46. The standard InChI is InChI=1S/C14H14F4O/c1-8-3-2-4-10(8)13(19)9-5-6-12(15)11(7-9)14(16,17)18/h5-8,10H,2-4H2,1H3. The summed E-state index contributed by atoms with van der Waals surface area (Å²) in [5.74, 6) is -1.72. The number of alkyl halides is 3. The van der Waals surface area contributed by atoms with E-state index in [4.69, 9.17) is 0 Å². The van der Waals surface area contributed by atoms with E-state index in [0.717, 1.165) is 25.0 Å². The van der Waals surface area contributed by atoms with Crippen molar-refractivity contribution in [2.75, 3.05) is 0 Å². The largest absolute Gasteiger partial charge is 0.419 e. The Hall–Kier alpha value is -1.39. The van der Waals surface area contributed by atoms with Crippen molar-refractivity contribution in [3.8, 4) is 0 Å². The summed E-state index contributed by atoms with van der Waals surface area (Å²) < 4.78 is 50.9. The summed E-state index contributed by atoms with van der Waals surface area (Å²) in [6, 6.07) is 2.48. The number of halogens is 4. The lowest BCUT2D eigenvalue weighted by molar-refractivity contribution is -0.140. The van der Waals surface area contributed by atoms with Gasteiger partial charge in [-0.15, -0.1) is 0 Å². The van der Waals surface area contributed by atoms with Crippen LogP contribution >= 0.6 is 0 Å². The van der Waals surface area contributed by atoms with Crippen molar-refractivity contribution >= 4 is 5.78 Å². The van der Waals surface area contributed by atoms with Gasteiger partial charge in [-0.05, 0) is 37.0 Å². The second kappa shape index (κ2) is 4.94. The molecule has 0 spiro atoms. The van der Waals surface area contributed by atoms with Gasteiger partial charge in [0, 0.05) is 11.5 Å². The van der Waals surface area contributed by atoms with Gasteiger partial charge in [0.15, 0.2) is 5.78 Å². The third kappa shape index (κ3) is 2.80. The normalized spacial score (nSPS) is 23.6. The van der Waals surface area contributed by atoms with E-state index in [2.05, 4.69) is 0 Å². The molecule has 0 N–H and O–H groups in total. The first-order valence-electron chi connectivity index (χ1n) is 6.21. The molecule has 0 saturated heterocycles. The van der Waals surface area contributed by atoms with E-state index in [1.54, 1.807) is 0 Å². The monoisotopic (exact) mass is 274 g/mol. The van der Waals surface area contributed by atoms with Crippen molar-refractivity contribution in [3.05, 3.63) is 35.1 Å². The lowest BCUT2D eigenvalue weighted by Gasteiger charge is -2.15. The minimum absolute atomic E-state index is 0.0486. The molecule has 1 saturated carbocycles. The van der Waals surface area contributed by atoms with E-state index in [-0.39, 0.29) is 23.2 Å². The molecule has 0 radical (unpaired) electrons. The molecule has 1 nitrogen and oxygen atoms in total. The van der Waals surface area contributed by atoms with Crippen LogP contribution in [-0.2, 0) is 6.18 Å². The molecule has 0 amide bonds.